The third kappa shape index (κ3) is 3.10. The molecular weight excluding hydrogens is 234 g/mol. The van der Waals surface area contributed by atoms with Crippen molar-refractivity contribution in [2.24, 2.45) is 5.84 Å². The summed E-state index contributed by atoms with van der Waals surface area (Å²) in [5.74, 6) is 5.65. The number of likely N-dealkylation sites (tertiary alicyclic amines) is 1. The van der Waals surface area contributed by atoms with Crippen LogP contribution in [0.4, 0.5) is 0 Å². The van der Waals surface area contributed by atoms with E-state index >= 15 is 0 Å². The van der Waals surface area contributed by atoms with Gasteiger partial charge in [0.2, 0.25) is 0 Å². The monoisotopic (exact) mass is 253 g/mol. The van der Waals surface area contributed by atoms with E-state index in [-0.39, 0.29) is 5.76 Å². The number of carbonyl (C=O) groups is 1. The lowest BCUT2D eigenvalue weighted by molar-refractivity contribution is 0.0262. The second-order valence-electron chi connectivity index (χ2n) is 4.47. The Bertz CT molecular complexity index is 405. The Hall–Kier alpha value is -1.37. The van der Waals surface area contributed by atoms with Crippen molar-refractivity contribution < 1.29 is 13.9 Å². The summed E-state index contributed by atoms with van der Waals surface area (Å²) in [7, 11) is 1.74. The smallest absolute Gasteiger partial charge is 0.300 e. The van der Waals surface area contributed by atoms with Crippen molar-refractivity contribution in [3.05, 3.63) is 23.7 Å². The standard InChI is InChI=1S/C12H19N3O3/c1-17-9-3-2-6-15(7-9)8-10-4-5-11(18-10)12(16)14-13/h4-5,9H,2-3,6-8,13H2,1H3,(H,14,16). The van der Waals surface area contributed by atoms with Crippen LogP contribution in [-0.4, -0.2) is 37.1 Å². The first kappa shape index (κ1) is 13.1. The van der Waals surface area contributed by atoms with Crippen molar-refractivity contribution in [3.63, 3.8) is 0 Å². The zero-order valence-corrected chi connectivity index (χ0v) is 10.5. The number of amides is 1. The highest BCUT2D eigenvalue weighted by molar-refractivity contribution is 5.90. The van der Waals surface area contributed by atoms with E-state index in [1.165, 1.54) is 0 Å². The average Bonchev–Trinajstić information content (AvgIpc) is 2.86. The highest BCUT2D eigenvalue weighted by Gasteiger charge is 2.20. The van der Waals surface area contributed by atoms with Gasteiger partial charge in [0.05, 0.1) is 12.6 Å². The number of piperidine rings is 1. The number of hydrogen-bond donors (Lipinski definition) is 2. The number of hydrazine groups is 1. The van der Waals surface area contributed by atoms with E-state index in [2.05, 4.69) is 4.90 Å². The Morgan fingerprint density at radius 1 is 1.67 bits per heavy atom. The predicted molar refractivity (Wildman–Crippen MR) is 65.7 cm³/mol. The molecule has 18 heavy (non-hydrogen) atoms. The van der Waals surface area contributed by atoms with E-state index in [1.54, 1.807) is 19.2 Å². The fraction of sp³-hybridized carbons (Fsp3) is 0.583. The van der Waals surface area contributed by atoms with E-state index in [0.717, 1.165) is 31.7 Å². The van der Waals surface area contributed by atoms with Gasteiger partial charge >= 0.3 is 5.91 Å². The first-order valence-electron chi connectivity index (χ1n) is 6.07. The molecule has 3 N–H and O–H groups in total. The van der Waals surface area contributed by atoms with Crippen LogP contribution in [0.2, 0.25) is 0 Å². The van der Waals surface area contributed by atoms with Gasteiger partial charge in [0.25, 0.3) is 0 Å². The number of ether oxygens (including phenoxy) is 1. The van der Waals surface area contributed by atoms with Crippen LogP contribution in [-0.2, 0) is 11.3 Å². The molecule has 1 unspecified atom stereocenters. The molecule has 2 heterocycles. The number of nitrogens with one attached hydrogen (secondary N) is 1. The van der Waals surface area contributed by atoms with E-state index in [0.29, 0.717) is 12.6 Å². The number of hydrogen-bond acceptors (Lipinski definition) is 5. The molecule has 1 aromatic heterocycles. The molecule has 100 valence electrons. The third-order valence-electron chi connectivity index (χ3n) is 3.19. The fourth-order valence-electron chi connectivity index (χ4n) is 2.23. The van der Waals surface area contributed by atoms with Gasteiger partial charge < -0.3 is 9.15 Å². The van der Waals surface area contributed by atoms with Crippen LogP contribution in [0.25, 0.3) is 0 Å². The molecule has 0 saturated carbocycles. The highest BCUT2D eigenvalue weighted by Crippen LogP contribution is 2.17. The second kappa shape index (κ2) is 5.99. The van der Waals surface area contributed by atoms with Crippen molar-refractivity contribution in [2.45, 2.75) is 25.5 Å². The molecule has 0 bridgehead atoms. The van der Waals surface area contributed by atoms with Gasteiger partial charge in [-0.25, -0.2) is 5.84 Å². The Morgan fingerprint density at radius 2 is 2.50 bits per heavy atom. The molecule has 1 amide bonds. The Labute approximate surface area is 106 Å². The van der Waals surface area contributed by atoms with Crippen molar-refractivity contribution in [1.29, 1.82) is 0 Å². The molecule has 6 nitrogen and oxygen atoms in total. The molecule has 0 aliphatic carbocycles. The Balaban J connectivity index is 1.92. The predicted octanol–water partition coefficient (Wildman–Crippen LogP) is 0.494. The molecule has 0 aromatic carbocycles. The van der Waals surface area contributed by atoms with Crippen LogP contribution >= 0.6 is 0 Å². The number of carbonyl (C=O) groups excluding carboxylic acids is 1. The minimum atomic E-state index is -0.408. The molecule has 1 aromatic rings. The number of nitrogens with two attached hydrogens (primary N) is 1. The van der Waals surface area contributed by atoms with E-state index in [9.17, 15) is 4.79 Å². The summed E-state index contributed by atoms with van der Waals surface area (Å²) in [5, 5.41) is 0. The van der Waals surface area contributed by atoms with Gasteiger partial charge in [-0.05, 0) is 31.5 Å². The SMILES string of the molecule is COC1CCCN(Cc2ccc(C(=O)NN)o2)C1. The molecule has 2 rings (SSSR count). The normalized spacial score (nSPS) is 20.9. The lowest BCUT2D eigenvalue weighted by atomic mass is 10.1. The number of nitrogen functional groups attached to an aromatic ring is 1. The van der Waals surface area contributed by atoms with Crippen LogP contribution in [0.1, 0.15) is 29.2 Å². The maximum absolute atomic E-state index is 11.3. The van der Waals surface area contributed by atoms with Gasteiger partial charge in [-0.3, -0.25) is 15.1 Å². The summed E-state index contributed by atoms with van der Waals surface area (Å²) in [4.78, 5) is 13.5. The molecule has 1 aliphatic heterocycles. The van der Waals surface area contributed by atoms with E-state index < -0.39 is 5.91 Å². The largest absolute Gasteiger partial charge is 0.455 e. The van der Waals surface area contributed by atoms with Gasteiger partial charge in [-0.1, -0.05) is 0 Å². The molecule has 6 heteroatoms. The van der Waals surface area contributed by atoms with Gasteiger partial charge in [0, 0.05) is 13.7 Å². The zero-order chi connectivity index (χ0) is 13.0. The molecule has 0 spiro atoms. The fourth-order valence-corrected chi connectivity index (χ4v) is 2.23. The molecule has 1 fully saturated rings. The van der Waals surface area contributed by atoms with Crippen LogP contribution < -0.4 is 11.3 Å². The highest BCUT2D eigenvalue weighted by atomic mass is 16.5. The Morgan fingerprint density at radius 3 is 3.22 bits per heavy atom. The second-order valence-corrected chi connectivity index (χ2v) is 4.47. The first-order chi connectivity index (χ1) is 8.72. The quantitative estimate of drug-likeness (QED) is 0.464. The summed E-state index contributed by atoms with van der Waals surface area (Å²) in [6.45, 7) is 2.62. The number of nitrogens with zero attached hydrogens (tertiary/aromatic N) is 1. The van der Waals surface area contributed by atoms with Crippen LogP contribution in [0.5, 0.6) is 0 Å². The van der Waals surface area contributed by atoms with Gasteiger partial charge in [0.15, 0.2) is 5.76 Å². The molecule has 1 aliphatic rings. The molecule has 0 radical (unpaired) electrons. The van der Waals surface area contributed by atoms with E-state index in [4.69, 9.17) is 15.0 Å². The lowest BCUT2D eigenvalue weighted by Crippen LogP contribution is -2.38. The molecule has 1 atom stereocenters. The van der Waals surface area contributed by atoms with Crippen LogP contribution in [0.3, 0.4) is 0 Å². The minimum absolute atomic E-state index is 0.243. The van der Waals surface area contributed by atoms with Crippen LogP contribution in [0, 0.1) is 0 Å². The van der Waals surface area contributed by atoms with Gasteiger partial charge in [-0.2, -0.15) is 0 Å². The van der Waals surface area contributed by atoms with Crippen molar-refractivity contribution >= 4 is 5.91 Å². The number of methoxy groups -OCH3 is 1. The van der Waals surface area contributed by atoms with Gasteiger partial charge in [-0.15, -0.1) is 0 Å². The van der Waals surface area contributed by atoms with Crippen LogP contribution in [0.15, 0.2) is 16.5 Å². The van der Waals surface area contributed by atoms with Crippen molar-refractivity contribution in [2.75, 3.05) is 20.2 Å². The number of rotatable bonds is 4. The summed E-state index contributed by atoms with van der Waals surface area (Å²) < 4.78 is 10.8. The third-order valence-corrected chi connectivity index (χ3v) is 3.19. The molecular formula is C12H19N3O3. The summed E-state index contributed by atoms with van der Waals surface area (Å²) >= 11 is 0. The van der Waals surface area contributed by atoms with Crippen molar-refractivity contribution in [1.82, 2.24) is 10.3 Å². The minimum Gasteiger partial charge on any atom is -0.455 e. The summed E-state index contributed by atoms with van der Waals surface area (Å²) in [6, 6.07) is 3.44. The Kier molecular flexibility index (Phi) is 4.35. The van der Waals surface area contributed by atoms with E-state index in [1.807, 2.05) is 5.43 Å². The topological polar surface area (TPSA) is 80.7 Å². The number of furan rings is 1. The average molecular weight is 253 g/mol. The van der Waals surface area contributed by atoms with Crippen molar-refractivity contribution in [3.8, 4) is 0 Å². The maximum Gasteiger partial charge on any atom is 0.300 e. The molecule has 1 saturated heterocycles. The zero-order valence-electron chi connectivity index (χ0n) is 10.5. The maximum atomic E-state index is 11.3. The lowest BCUT2D eigenvalue weighted by Gasteiger charge is -2.31. The summed E-state index contributed by atoms with van der Waals surface area (Å²) in [6.07, 6.45) is 2.52. The van der Waals surface area contributed by atoms with Gasteiger partial charge in [0.1, 0.15) is 5.76 Å². The summed E-state index contributed by atoms with van der Waals surface area (Å²) in [5.41, 5.74) is 2.05. The first-order valence-corrected chi connectivity index (χ1v) is 6.07.